The van der Waals surface area contributed by atoms with Gasteiger partial charge in [-0.1, -0.05) is 20.8 Å². The van der Waals surface area contributed by atoms with Crippen molar-refractivity contribution in [2.75, 3.05) is 0 Å². The number of nitrogens with one attached hydrogen (secondary N) is 1. The van der Waals surface area contributed by atoms with Crippen LogP contribution in [0.1, 0.15) is 38.1 Å². The summed E-state index contributed by atoms with van der Waals surface area (Å²) in [6, 6.07) is 6.36. The zero-order valence-corrected chi connectivity index (χ0v) is 8.96. The topological polar surface area (TPSA) is 28.7 Å². The van der Waals surface area contributed by atoms with Gasteiger partial charge in [0.05, 0.1) is 11.0 Å². The molecule has 0 saturated carbocycles. The smallest absolute Gasteiger partial charge is 0.0885 e. The normalized spacial score (nSPS) is 11.4. The minimum atomic E-state index is 0.499. The Labute approximate surface area is 84.4 Å². The molecule has 0 aliphatic carbocycles. The summed E-state index contributed by atoms with van der Waals surface area (Å²) in [5.74, 6) is 0.499. The molecule has 0 saturated heterocycles. The van der Waals surface area contributed by atoms with Crippen LogP contribution in [0.3, 0.4) is 0 Å². The van der Waals surface area contributed by atoms with E-state index in [9.17, 15) is 0 Å². The molecule has 0 spiro atoms. The van der Waals surface area contributed by atoms with Crippen molar-refractivity contribution >= 4 is 11.0 Å². The van der Waals surface area contributed by atoms with Gasteiger partial charge >= 0.3 is 0 Å². The highest BCUT2D eigenvalue weighted by Gasteiger charge is 2.04. The molecule has 0 bridgehead atoms. The second-order valence-corrected chi connectivity index (χ2v) is 3.97. The molecule has 14 heavy (non-hydrogen) atoms. The zero-order valence-electron chi connectivity index (χ0n) is 8.96. The molecule has 0 aliphatic rings. The lowest BCUT2D eigenvalue weighted by Crippen LogP contribution is -1.90. The lowest BCUT2D eigenvalue weighted by atomic mass is 10.1. The van der Waals surface area contributed by atoms with Crippen LogP contribution in [0.4, 0.5) is 0 Å². The van der Waals surface area contributed by atoms with Crippen molar-refractivity contribution in [2.45, 2.75) is 33.1 Å². The fourth-order valence-corrected chi connectivity index (χ4v) is 1.59. The highest BCUT2D eigenvalue weighted by molar-refractivity contribution is 5.76. The van der Waals surface area contributed by atoms with Crippen LogP contribution in [-0.2, 0) is 6.42 Å². The van der Waals surface area contributed by atoms with Crippen LogP contribution >= 0.6 is 0 Å². The van der Waals surface area contributed by atoms with Crippen molar-refractivity contribution in [2.24, 2.45) is 0 Å². The third-order valence-corrected chi connectivity index (χ3v) is 2.52. The fourth-order valence-electron chi connectivity index (χ4n) is 1.59. The monoisotopic (exact) mass is 188 g/mol. The summed E-state index contributed by atoms with van der Waals surface area (Å²) < 4.78 is 0. The molecule has 1 N–H and O–H groups in total. The van der Waals surface area contributed by atoms with Crippen molar-refractivity contribution in [3.05, 3.63) is 29.6 Å². The van der Waals surface area contributed by atoms with Gasteiger partial charge in [0, 0.05) is 11.4 Å². The van der Waals surface area contributed by atoms with Crippen LogP contribution in [0.15, 0.2) is 18.2 Å². The second-order valence-electron chi connectivity index (χ2n) is 3.97. The van der Waals surface area contributed by atoms with Crippen molar-refractivity contribution in [1.29, 1.82) is 0 Å². The van der Waals surface area contributed by atoms with Crippen molar-refractivity contribution < 1.29 is 0 Å². The van der Waals surface area contributed by atoms with Crippen LogP contribution in [-0.4, -0.2) is 9.97 Å². The summed E-state index contributed by atoms with van der Waals surface area (Å²) in [5.41, 5.74) is 4.66. The number of rotatable bonds is 2. The predicted octanol–water partition coefficient (Wildman–Crippen LogP) is 3.25. The van der Waals surface area contributed by atoms with Crippen LogP contribution in [0.2, 0.25) is 0 Å². The number of aryl methyl sites for hydroxylation is 1. The lowest BCUT2D eigenvalue weighted by molar-refractivity contribution is 0.830. The molecular formula is C12H16N2. The minimum absolute atomic E-state index is 0.499. The van der Waals surface area contributed by atoms with Crippen molar-refractivity contribution in [1.82, 2.24) is 9.97 Å². The Bertz CT molecular complexity index is 441. The molecule has 0 aromatic carbocycles. The predicted molar refractivity (Wildman–Crippen MR) is 59.6 cm³/mol. The summed E-state index contributed by atoms with van der Waals surface area (Å²) in [6.07, 6.45) is 1.04. The summed E-state index contributed by atoms with van der Waals surface area (Å²) in [4.78, 5) is 7.96. The second kappa shape index (κ2) is 3.45. The number of hydrogen-bond acceptors (Lipinski definition) is 1. The van der Waals surface area contributed by atoms with E-state index in [2.05, 4.69) is 48.9 Å². The Hall–Kier alpha value is -1.31. The van der Waals surface area contributed by atoms with Gasteiger partial charge in [0.1, 0.15) is 0 Å². The van der Waals surface area contributed by atoms with Gasteiger partial charge in [-0.2, -0.15) is 0 Å². The molecule has 0 aliphatic heterocycles. The zero-order chi connectivity index (χ0) is 10.1. The van der Waals surface area contributed by atoms with E-state index in [1.807, 2.05) is 0 Å². The molecule has 0 unspecified atom stereocenters. The molecule has 2 heterocycles. The number of fused-ring (bicyclic) bond motifs is 1. The Kier molecular flexibility index (Phi) is 2.28. The van der Waals surface area contributed by atoms with E-state index in [1.54, 1.807) is 0 Å². The molecular weight excluding hydrogens is 172 g/mol. The van der Waals surface area contributed by atoms with Crippen LogP contribution in [0.25, 0.3) is 11.0 Å². The Morgan fingerprint density at radius 1 is 1.36 bits per heavy atom. The number of H-pyrrole nitrogens is 1. The summed E-state index contributed by atoms with van der Waals surface area (Å²) >= 11 is 0. The molecule has 74 valence electrons. The minimum Gasteiger partial charge on any atom is -0.357 e. The van der Waals surface area contributed by atoms with E-state index in [-0.39, 0.29) is 0 Å². The van der Waals surface area contributed by atoms with E-state index in [1.165, 1.54) is 11.4 Å². The molecule has 2 nitrogen and oxygen atoms in total. The number of pyridine rings is 1. The van der Waals surface area contributed by atoms with Gasteiger partial charge in [-0.25, -0.2) is 0 Å². The molecule has 0 atom stereocenters. The van der Waals surface area contributed by atoms with E-state index >= 15 is 0 Å². The number of hydrogen-bond donors (Lipinski definition) is 1. The molecule has 2 aromatic rings. The molecule has 0 amide bonds. The van der Waals surface area contributed by atoms with Crippen LogP contribution in [0.5, 0.6) is 0 Å². The van der Waals surface area contributed by atoms with Gasteiger partial charge in [0.2, 0.25) is 0 Å². The molecule has 2 heteroatoms. The van der Waals surface area contributed by atoms with Gasteiger partial charge in [0.25, 0.3) is 0 Å². The van der Waals surface area contributed by atoms with Crippen molar-refractivity contribution in [3.63, 3.8) is 0 Å². The first-order valence-corrected chi connectivity index (χ1v) is 5.19. The Morgan fingerprint density at radius 3 is 2.79 bits per heavy atom. The lowest BCUT2D eigenvalue weighted by Gasteiger charge is -2.02. The summed E-state index contributed by atoms with van der Waals surface area (Å²) in [5, 5.41) is 0. The van der Waals surface area contributed by atoms with Gasteiger partial charge < -0.3 is 4.98 Å². The Balaban J connectivity index is 2.54. The van der Waals surface area contributed by atoms with E-state index < -0.39 is 0 Å². The van der Waals surface area contributed by atoms with E-state index in [0.29, 0.717) is 5.92 Å². The molecule has 2 aromatic heterocycles. The fraction of sp³-hybridized carbons (Fsp3) is 0.417. The summed E-state index contributed by atoms with van der Waals surface area (Å²) in [6.45, 7) is 6.48. The van der Waals surface area contributed by atoms with Gasteiger partial charge in [0.15, 0.2) is 0 Å². The molecule has 0 radical (unpaired) electrons. The van der Waals surface area contributed by atoms with E-state index in [0.717, 1.165) is 17.5 Å². The van der Waals surface area contributed by atoms with Gasteiger partial charge in [-0.3, -0.25) is 4.98 Å². The van der Waals surface area contributed by atoms with Crippen molar-refractivity contribution in [3.8, 4) is 0 Å². The maximum absolute atomic E-state index is 4.61. The Morgan fingerprint density at radius 2 is 2.14 bits per heavy atom. The molecule has 2 rings (SSSR count). The van der Waals surface area contributed by atoms with Gasteiger partial charge in [-0.05, 0) is 30.5 Å². The number of nitrogens with zero attached hydrogens (tertiary/aromatic N) is 1. The standard InChI is InChI=1S/C12H16N2/c1-4-9-7-12-11(13-9)6-5-10(14-12)8(2)3/h5-8,13H,4H2,1-3H3. The van der Waals surface area contributed by atoms with Gasteiger partial charge in [-0.15, -0.1) is 0 Å². The number of aromatic amines is 1. The third-order valence-electron chi connectivity index (χ3n) is 2.52. The SMILES string of the molecule is CCc1cc2nc(C(C)C)ccc2[nH]1. The average Bonchev–Trinajstić information content (AvgIpc) is 2.58. The first-order chi connectivity index (χ1) is 6.70. The average molecular weight is 188 g/mol. The first-order valence-electron chi connectivity index (χ1n) is 5.19. The highest BCUT2D eigenvalue weighted by atomic mass is 14.8. The van der Waals surface area contributed by atoms with Crippen LogP contribution in [0, 0.1) is 0 Å². The highest BCUT2D eigenvalue weighted by Crippen LogP contribution is 2.18. The number of aromatic nitrogens is 2. The quantitative estimate of drug-likeness (QED) is 0.770. The summed E-state index contributed by atoms with van der Waals surface area (Å²) in [7, 11) is 0. The largest absolute Gasteiger partial charge is 0.357 e. The third kappa shape index (κ3) is 1.52. The maximum Gasteiger partial charge on any atom is 0.0885 e. The van der Waals surface area contributed by atoms with Crippen LogP contribution < -0.4 is 0 Å². The first kappa shape index (κ1) is 9.25. The molecule has 0 fully saturated rings. The van der Waals surface area contributed by atoms with E-state index in [4.69, 9.17) is 0 Å². The maximum atomic E-state index is 4.61.